The zero-order valence-electron chi connectivity index (χ0n) is 41.8. The molecule has 0 aromatic heterocycles. The smallest absolute Gasteiger partial charge is 0.338 e. The van der Waals surface area contributed by atoms with Gasteiger partial charge in [0.05, 0.1) is 38.9 Å². The van der Waals surface area contributed by atoms with E-state index in [0.29, 0.717) is 0 Å². The van der Waals surface area contributed by atoms with E-state index >= 15 is 0 Å². The summed E-state index contributed by atoms with van der Waals surface area (Å²) in [6.07, 6.45) is -19.0. The van der Waals surface area contributed by atoms with Gasteiger partial charge < -0.3 is 52.5 Å². The van der Waals surface area contributed by atoms with Crippen LogP contribution in [0.3, 0.4) is 0 Å². The Kier molecular flexibility index (Phi) is 18.0. The van der Waals surface area contributed by atoms with Crippen molar-refractivity contribution in [1.29, 1.82) is 0 Å². The third-order valence-electron chi connectivity index (χ3n) is 12.5. The first-order valence-electron chi connectivity index (χ1n) is 24.9. The molecule has 79 heavy (non-hydrogen) atoms. The molecular formula is C61H50O18. The van der Waals surface area contributed by atoms with E-state index in [-0.39, 0.29) is 38.9 Å². The standard InChI is InChI=1S/C61H50O18/c62-53(38-22-8-1-9-23-38)70-36-45-48(49(75-56(65)41-28-14-4-15-29-41)51(60(69)72-45)77-58(67)43-32-18-6-19-33-43)79-61-52(78-59(68)44-34-20-7-21-35-44)50(76-57(66)42-30-16-5-17-31-42)47(74-55(64)40-26-12-3-13-27-40)46(73-61)37-71-54(63)39-24-10-2-11-25-39/h1-35,45-52,60-61,69H,36-37H2/t45-,46-,47-,48-,49+,50+,51-,52-,60?,61+/m1/s1. The van der Waals surface area contributed by atoms with Gasteiger partial charge in [0.15, 0.2) is 43.1 Å². The van der Waals surface area contributed by atoms with Crippen LogP contribution in [0.25, 0.3) is 0 Å². The van der Waals surface area contributed by atoms with Gasteiger partial charge >= 0.3 is 41.8 Å². The molecule has 0 radical (unpaired) electrons. The zero-order valence-corrected chi connectivity index (χ0v) is 41.8. The highest BCUT2D eigenvalue weighted by atomic mass is 16.8. The van der Waals surface area contributed by atoms with Gasteiger partial charge in [0.1, 0.15) is 31.5 Å². The second-order valence-electron chi connectivity index (χ2n) is 17.8. The van der Waals surface area contributed by atoms with Gasteiger partial charge in [-0.05, 0) is 84.9 Å². The maximum atomic E-state index is 14.5. The van der Waals surface area contributed by atoms with Crippen molar-refractivity contribution in [1.82, 2.24) is 0 Å². The quantitative estimate of drug-likeness (QED) is 0.0642. The Morgan fingerprint density at radius 2 is 0.557 bits per heavy atom. The van der Waals surface area contributed by atoms with E-state index in [9.17, 15) is 38.7 Å². The van der Waals surface area contributed by atoms with Gasteiger partial charge in [-0.15, -0.1) is 0 Å². The molecule has 1 unspecified atom stereocenters. The minimum Gasteiger partial charge on any atom is -0.459 e. The summed E-state index contributed by atoms with van der Waals surface area (Å²) >= 11 is 0. The number of carbonyl (C=O) groups excluding carboxylic acids is 7. The number of ether oxygens (including phenoxy) is 10. The van der Waals surface area contributed by atoms with Crippen LogP contribution in [-0.2, 0) is 47.4 Å². The Balaban J connectivity index is 1.18. The van der Waals surface area contributed by atoms with E-state index in [1.807, 2.05) is 0 Å². The van der Waals surface area contributed by atoms with Gasteiger partial charge in [0.25, 0.3) is 0 Å². The Morgan fingerprint density at radius 3 is 0.886 bits per heavy atom. The molecule has 0 saturated carbocycles. The first-order chi connectivity index (χ1) is 38.5. The molecule has 10 atom stereocenters. The highest BCUT2D eigenvalue weighted by molar-refractivity contribution is 5.93. The molecule has 0 amide bonds. The Labute approximate surface area is 452 Å². The summed E-state index contributed by atoms with van der Waals surface area (Å²) in [6.45, 7) is -1.50. The van der Waals surface area contributed by atoms with Crippen LogP contribution >= 0.6 is 0 Å². The monoisotopic (exact) mass is 1070 g/mol. The third-order valence-corrected chi connectivity index (χ3v) is 12.5. The molecule has 402 valence electrons. The maximum absolute atomic E-state index is 14.5. The highest BCUT2D eigenvalue weighted by Gasteiger charge is 2.58. The van der Waals surface area contributed by atoms with E-state index in [4.69, 9.17) is 47.4 Å². The normalized spacial score (nSPS) is 22.4. The average Bonchev–Trinajstić information content (AvgIpc) is 3.60. The first-order valence-corrected chi connectivity index (χ1v) is 24.9. The molecule has 1 N–H and O–H groups in total. The molecule has 18 heteroatoms. The molecule has 2 saturated heterocycles. The molecule has 2 fully saturated rings. The lowest BCUT2D eigenvalue weighted by Crippen LogP contribution is -2.67. The van der Waals surface area contributed by atoms with Gasteiger partial charge in [-0.2, -0.15) is 0 Å². The summed E-state index contributed by atoms with van der Waals surface area (Å²) in [7, 11) is 0. The van der Waals surface area contributed by atoms with E-state index < -0.39 is 116 Å². The van der Waals surface area contributed by atoms with E-state index in [1.54, 1.807) is 127 Å². The number of esters is 7. The van der Waals surface area contributed by atoms with Crippen molar-refractivity contribution in [2.45, 2.75) is 61.4 Å². The molecule has 2 aliphatic rings. The van der Waals surface area contributed by atoms with Gasteiger partial charge in [-0.1, -0.05) is 127 Å². The Hall–Kier alpha value is -9.33. The van der Waals surface area contributed by atoms with Crippen LogP contribution in [0.2, 0.25) is 0 Å². The lowest BCUT2D eigenvalue weighted by molar-refractivity contribution is -0.352. The summed E-state index contributed by atoms with van der Waals surface area (Å²) in [5.41, 5.74) is 0.298. The van der Waals surface area contributed by atoms with E-state index in [1.165, 1.54) is 84.9 Å². The topological polar surface area (TPSA) is 232 Å². The van der Waals surface area contributed by atoms with Crippen LogP contribution in [0.15, 0.2) is 212 Å². The fourth-order valence-corrected chi connectivity index (χ4v) is 8.59. The summed E-state index contributed by atoms with van der Waals surface area (Å²) in [6, 6.07) is 54.1. The minimum atomic E-state index is -2.12. The second-order valence-corrected chi connectivity index (χ2v) is 17.8. The van der Waals surface area contributed by atoms with Crippen molar-refractivity contribution in [3.05, 3.63) is 251 Å². The second kappa shape index (κ2) is 26.1. The predicted molar refractivity (Wildman–Crippen MR) is 276 cm³/mol. The minimum absolute atomic E-state index is 0.00210. The first kappa shape index (κ1) is 54.5. The number of hydrogen-bond donors (Lipinski definition) is 1. The Morgan fingerprint density at radius 1 is 0.304 bits per heavy atom. The third kappa shape index (κ3) is 13.8. The van der Waals surface area contributed by atoms with Crippen molar-refractivity contribution >= 4 is 41.8 Å². The maximum Gasteiger partial charge on any atom is 0.338 e. The Bertz CT molecular complexity index is 3170. The molecule has 0 aliphatic carbocycles. The summed E-state index contributed by atoms with van der Waals surface area (Å²) in [5, 5.41) is 11.9. The summed E-state index contributed by atoms with van der Waals surface area (Å²) in [4.78, 5) is 98.6. The molecule has 0 spiro atoms. The van der Waals surface area contributed by atoms with Crippen molar-refractivity contribution in [2.24, 2.45) is 0 Å². The molecule has 2 aliphatic heterocycles. The van der Waals surface area contributed by atoms with Crippen molar-refractivity contribution < 1.29 is 86.0 Å². The van der Waals surface area contributed by atoms with Crippen molar-refractivity contribution in [3.8, 4) is 0 Å². The molecule has 7 aromatic rings. The lowest BCUT2D eigenvalue weighted by atomic mass is 9.95. The van der Waals surface area contributed by atoms with Crippen LogP contribution in [-0.4, -0.2) is 122 Å². The van der Waals surface area contributed by atoms with Crippen molar-refractivity contribution in [3.63, 3.8) is 0 Å². The van der Waals surface area contributed by atoms with Crippen LogP contribution in [0, 0.1) is 0 Å². The number of hydrogen-bond acceptors (Lipinski definition) is 18. The van der Waals surface area contributed by atoms with E-state index in [0.717, 1.165) is 0 Å². The molecule has 7 aromatic carbocycles. The van der Waals surface area contributed by atoms with Gasteiger partial charge in [-0.25, -0.2) is 33.6 Å². The average molecular weight is 1070 g/mol. The molecule has 18 nitrogen and oxygen atoms in total. The largest absolute Gasteiger partial charge is 0.459 e. The highest BCUT2D eigenvalue weighted by Crippen LogP contribution is 2.36. The van der Waals surface area contributed by atoms with Gasteiger partial charge in [-0.3, -0.25) is 0 Å². The molecule has 2 heterocycles. The van der Waals surface area contributed by atoms with Gasteiger partial charge in [0.2, 0.25) is 0 Å². The molecule has 0 bridgehead atoms. The number of aliphatic hydroxyl groups excluding tert-OH is 1. The fourth-order valence-electron chi connectivity index (χ4n) is 8.59. The number of aliphatic hydroxyl groups is 1. The SMILES string of the molecule is O=C(OC[C@H]1O[C@@H](O[C@H]2[C@H](OC(=O)c3ccccc3)[C@@H](OC(=O)c3ccccc3)C(O)O[C@@H]2COC(=O)c2ccccc2)[C@H](OC(=O)c2ccccc2)[C@@H](OC(=O)c2ccccc2)[C@@H]1OC(=O)c1ccccc1)c1ccccc1. The number of carbonyl (C=O) groups is 7. The number of benzene rings is 7. The lowest BCUT2D eigenvalue weighted by Gasteiger charge is -2.48. The summed E-state index contributed by atoms with van der Waals surface area (Å²) in [5.74, 6) is -6.72. The van der Waals surface area contributed by atoms with Gasteiger partial charge in [0, 0.05) is 0 Å². The predicted octanol–water partition coefficient (Wildman–Crippen LogP) is 7.66. The fraction of sp³-hybridized carbons (Fsp3) is 0.197. The molecular weight excluding hydrogens is 1020 g/mol. The van der Waals surface area contributed by atoms with Crippen LogP contribution in [0.5, 0.6) is 0 Å². The number of rotatable bonds is 18. The van der Waals surface area contributed by atoms with Crippen molar-refractivity contribution in [2.75, 3.05) is 13.2 Å². The summed E-state index contributed by atoms with van der Waals surface area (Å²) < 4.78 is 62.0. The zero-order chi connectivity index (χ0) is 55.1. The van der Waals surface area contributed by atoms with Crippen LogP contribution in [0.4, 0.5) is 0 Å². The van der Waals surface area contributed by atoms with Crippen LogP contribution < -0.4 is 0 Å². The van der Waals surface area contributed by atoms with Crippen LogP contribution in [0.1, 0.15) is 72.5 Å². The molecule has 9 rings (SSSR count). The van der Waals surface area contributed by atoms with E-state index in [2.05, 4.69) is 0 Å².